The number of hydrogen-bond donors (Lipinski definition) is 3. The summed E-state index contributed by atoms with van der Waals surface area (Å²) in [6.45, 7) is 4.84. The molecule has 6 nitrogen and oxygen atoms in total. The van der Waals surface area contributed by atoms with Gasteiger partial charge in [0.25, 0.3) is 0 Å². The first-order chi connectivity index (χ1) is 24.0. The molecule has 0 aliphatic heterocycles. The zero-order chi connectivity index (χ0) is 35.9. The van der Waals surface area contributed by atoms with E-state index in [4.69, 9.17) is 4.74 Å². The molecule has 0 aromatic carbocycles. The minimum atomic E-state index is -0.678. The first-order valence-corrected chi connectivity index (χ1v) is 21.4. The number of allylic oxidation sites excluding steroid dienone is 2. The first-order valence-electron chi connectivity index (χ1n) is 21.4. The van der Waals surface area contributed by atoms with Gasteiger partial charge in [-0.3, -0.25) is 9.59 Å². The summed E-state index contributed by atoms with van der Waals surface area (Å²) < 4.78 is 5.40. The predicted octanol–water partition coefficient (Wildman–Crippen LogP) is 11.8. The molecule has 0 aromatic heterocycles. The molecule has 0 heterocycles. The summed E-state index contributed by atoms with van der Waals surface area (Å²) in [7, 11) is 0. The van der Waals surface area contributed by atoms with Crippen LogP contribution in [-0.2, 0) is 14.3 Å². The maximum absolute atomic E-state index is 12.3. The normalized spacial score (nSPS) is 12.8. The van der Waals surface area contributed by atoms with Gasteiger partial charge in [0.05, 0.1) is 25.4 Å². The molecule has 3 N–H and O–H groups in total. The Balaban J connectivity index is 3.53. The number of aliphatic hydroxyl groups is 2. The molecule has 0 saturated carbocycles. The van der Waals surface area contributed by atoms with Crippen molar-refractivity contribution >= 4 is 11.9 Å². The number of unbranched alkanes of at least 4 members (excludes halogenated alkanes) is 26. The standard InChI is InChI=1S/C43H83NO5/c1-3-5-7-9-11-13-16-21-25-29-33-37-43(48)49-38-34-30-26-22-18-15-17-20-24-28-32-36-42(47)44-40(39-45)41(46)35-31-27-23-19-14-12-10-8-6-4-2/h18,22,40-41,45-46H,3-17,19-21,23-39H2,1-2H3,(H,44,47)/b22-18-. The van der Waals surface area contributed by atoms with Crippen LogP contribution in [0.2, 0.25) is 0 Å². The van der Waals surface area contributed by atoms with Crippen LogP contribution >= 0.6 is 0 Å². The van der Waals surface area contributed by atoms with Crippen molar-refractivity contribution in [3.8, 4) is 0 Å². The third-order valence-electron chi connectivity index (χ3n) is 9.81. The van der Waals surface area contributed by atoms with Crippen LogP contribution in [0, 0.1) is 0 Å². The lowest BCUT2D eigenvalue weighted by molar-refractivity contribution is -0.143. The summed E-state index contributed by atoms with van der Waals surface area (Å²) in [5.74, 6) is -0.0988. The lowest BCUT2D eigenvalue weighted by Crippen LogP contribution is -2.45. The van der Waals surface area contributed by atoms with Gasteiger partial charge in [-0.05, 0) is 51.4 Å². The monoisotopic (exact) mass is 694 g/mol. The molecule has 0 rings (SSSR count). The highest BCUT2D eigenvalue weighted by molar-refractivity contribution is 5.76. The summed E-state index contributed by atoms with van der Waals surface area (Å²) in [5.41, 5.74) is 0. The molecule has 6 heteroatoms. The van der Waals surface area contributed by atoms with Gasteiger partial charge in [-0.25, -0.2) is 0 Å². The maximum Gasteiger partial charge on any atom is 0.305 e. The molecule has 2 unspecified atom stereocenters. The molecule has 0 aliphatic rings. The van der Waals surface area contributed by atoms with Gasteiger partial charge in [0, 0.05) is 12.8 Å². The second-order valence-electron chi connectivity index (χ2n) is 14.7. The Morgan fingerprint density at radius 1 is 0.551 bits per heavy atom. The van der Waals surface area contributed by atoms with E-state index in [-0.39, 0.29) is 18.5 Å². The number of rotatable bonds is 39. The van der Waals surface area contributed by atoms with Crippen molar-refractivity contribution in [2.75, 3.05) is 13.2 Å². The molecule has 0 spiro atoms. The van der Waals surface area contributed by atoms with Gasteiger partial charge < -0.3 is 20.3 Å². The zero-order valence-corrected chi connectivity index (χ0v) is 32.7. The predicted molar refractivity (Wildman–Crippen MR) is 209 cm³/mol. The average Bonchev–Trinajstić information content (AvgIpc) is 3.10. The molecule has 0 saturated heterocycles. The van der Waals surface area contributed by atoms with E-state index in [9.17, 15) is 19.8 Å². The molecule has 0 bridgehead atoms. The number of carbonyl (C=O) groups excluding carboxylic acids is 2. The SMILES string of the molecule is CCCCCCCCCCCCCC(=O)OCCCC/C=C\CCCCCCCC(=O)NC(CO)C(O)CCCCCCCCCCCC. The lowest BCUT2D eigenvalue weighted by atomic mass is 10.0. The average molecular weight is 694 g/mol. The highest BCUT2D eigenvalue weighted by Crippen LogP contribution is 2.15. The number of hydrogen-bond acceptors (Lipinski definition) is 5. The van der Waals surface area contributed by atoms with Crippen molar-refractivity contribution in [3.05, 3.63) is 12.2 Å². The molecule has 2 atom stereocenters. The Bertz CT molecular complexity index is 727. The van der Waals surface area contributed by atoms with Crippen LogP contribution in [0.4, 0.5) is 0 Å². The van der Waals surface area contributed by atoms with Gasteiger partial charge in [-0.1, -0.05) is 174 Å². The van der Waals surface area contributed by atoms with Crippen molar-refractivity contribution in [1.29, 1.82) is 0 Å². The maximum atomic E-state index is 12.3. The number of aliphatic hydroxyl groups excluding tert-OH is 2. The Kier molecular flexibility index (Phi) is 38.3. The van der Waals surface area contributed by atoms with Gasteiger partial charge in [0.2, 0.25) is 5.91 Å². The van der Waals surface area contributed by atoms with Crippen LogP contribution in [0.5, 0.6) is 0 Å². The van der Waals surface area contributed by atoms with E-state index in [2.05, 4.69) is 31.3 Å². The van der Waals surface area contributed by atoms with E-state index in [1.54, 1.807) is 0 Å². The lowest BCUT2D eigenvalue weighted by Gasteiger charge is -2.22. The van der Waals surface area contributed by atoms with E-state index in [1.165, 1.54) is 109 Å². The fourth-order valence-corrected chi connectivity index (χ4v) is 6.45. The first kappa shape index (κ1) is 47.6. The van der Waals surface area contributed by atoms with E-state index < -0.39 is 12.1 Å². The van der Waals surface area contributed by atoms with Crippen LogP contribution in [-0.4, -0.2) is 47.4 Å². The van der Waals surface area contributed by atoms with Gasteiger partial charge in [-0.15, -0.1) is 0 Å². The molecular weight excluding hydrogens is 610 g/mol. The zero-order valence-electron chi connectivity index (χ0n) is 32.7. The van der Waals surface area contributed by atoms with Crippen molar-refractivity contribution in [2.24, 2.45) is 0 Å². The molecule has 49 heavy (non-hydrogen) atoms. The summed E-state index contributed by atoms with van der Waals surface area (Å²) >= 11 is 0. The Morgan fingerprint density at radius 3 is 1.45 bits per heavy atom. The molecular formula is C43H83NO5. The van der Waals surface area contributed by atoms with Crippen LogP contribution in [0.1, 0.15) is 226 Å². The second-order valence-corrected chi connectivity index (χ2v) is 14.7. The highest BCUT2D eigenvalue weighted by atomic mass is 16.5. The van der Waals surface area contributed by atoms with E-state index >= 15 is 0 Å². The Hall–Kier alpha value is -1.40. The number of esters is 1. The molecule has 0 fully saturated rings. The Labute approximate surface area is 304 Å². The number of carbonyl (C=O) groups is 2. The fourth-order valence-electron chi connectivity index (χ4n) is 6.45. The third-order valence-corrected chi connectivity index (χ3v) is 9.81. The topological polar surface area (TPSA) is 95.9 Å². The van der Waals surface area contributed by atoms with Crippen LogP contribution < -0.4 is 5.32 Å². The Morgan fingerprint density at radius 2 is 0.959 bits per heavy atom. The molecule has 290 valence electrons. The quantitative estimate of drug-likeness (QED) is 0.0338. The van der Waals surface area contributed by atoms with E-state index in [1.807, 2.05) is 0 Å². The number of nitrogens with one attached hydrogen (secondary N) is 1. The van der Waals surface area contributed by atoms with Gasteiger partial charge in [-0.2, -0.15) is 0 Å². The number of ether oxygens (including phenoxy) is 1. The minimum Gasteiger partial charge on any atom is -0.466 e. The number of amides is 1. The van der Waals surface area contributed by atoms with E-state index in [0.29, 0.717) is 25.9 Å². The van der Waals surface area contributed by atoms with Crippen molar-refractivity contribution < 1.29 is 24.5 Å². The highest BCUT2D eigenvalue weighted by Gasteiger charge is 2.20. The minimum absolute atomic E-state index is 0.0324. The van der Waals surface area contributed by atoms with Gasteiger partial charge in [0.1, 0.15) is 0 Å². The largest absolute Gasteiger partial charge is 0.466 e. The van der Waals surface area contributed by atoms with Crippen molar-refractivity contribution in [1.82, 2.24) is 5.32 Å². The van der Waals surface area contributed by atoms with Crippen LogP contribution in [0.3, 0.4) is 0 Å². The second kappa shape index (κ2) is 39.4. The van der Waals surface area contributed by atoms with Gasteiger partial charge >= 0.3 is 5.97 Å². The summed E-state index contributed by atoms with van der Waals surface area (Å²) in [6.07, 6.45) is 41.6. The molecule has 0 aliphatic carbocycles. The van der Waals surface area contributed by atoms with Crippen LogP contribution in [0.15, 0.2) is 12.2 Å². The van der Waals surface area contributed by atoms with E-state index in [0.717, 1.165) is 83.5 Å². The summed E-state index contributed by atoms with van der Waals surface area (Å²) in [6, 6.07) is -0.558. The molecule has 1 amide bonds. The summed E-state index contributed by atoms with van der Waals surface area (Å²) in [5, 5.41) is 23.0. The molecule has 0 aromatic rings. The van der Waals surface area contributed by atoms with Crippen molar-refractivity contribution in [2.45, 2.75) is 238 Å². The third kappa shape index (κ3) is 36.2. The molecule has 0 radical (unpaired) electrons. The fraction of sp³-hybridized carbons (Fsp3) is 0.907. The van der Waals surface area contributed by atoms with Crippen LogP contribution in [0.25, 0.3) is 0 Å². The smallest absolute Gasteiger partial charge is 0.305 e. The summed E-state index contributed by atoms with van der Waals surface area (Å²) in [4.78, 5) is 24.3. The van der Waals surface area contributed by atoms with Gasteiger partial charge in [0.15, 0.2) is 0 Å². The van der Waals surface area contributed by atoms with Crippen molar-refractivity contribution in [3.63, 3.8) is 0 Å².